The number of aromatic hydroxyl groups is 1. The maximum absolute atomic E-state index is 9.74. The first-order valence-corrected chi connectivity index (χ1v) is 6.33. The Morgan fingerprint density at radius 3 is 2.32 bits per heavy atom. The van der Waals surface area contributed by atoms with Crippen molar-refractivity contribution in [2.75, 3.05) is 5.32 Å². The smallest absolute Gasteiger partial charge is 0.121 e. The number of nitrogens with one attached hydrogen (secondary N) is 1. The summed E-state index contributed by atoms with van der Waals surface area (Å²) in [5.74, 6) is 0.361. The van der Waals surface area contributed by atoms with Crippen LogP contribution in [0.2, 0.25) is 0 Å². The second-order valence-corrected chi connectivity index (χ2v) is 4.75. The van der Waals surface area contributed by atoms with Gasteiger partial charge in [0.05, 0.1) is 6.61 Å². The van der Waals surface area contributed by atoms with E-state index < -0.39 is 0 Å². The lowest BCUT2D eigenvalue weighted by atomic mass is 10.1. The van der Waals surface area contributed by atoms with E-state index in [0.29, 0.717) is 12.3 Å². The molecule has 0 amide bonds. The van der Waals surface area contributed by atoms with Gasteiger partial charge in [0, 0.05) is 17.8 Å². The third kappa shape index (κ3) is 3.06. The van der Waals surface area contributed by atoms with E-state index in [2.05, 4.69) is 5.32 Å². The van der Waals surface area contributed by atoms with Crippen molar-refractivity contribution in [1.29, 1.82) is 0 Å². The Labute approximate surface area is 113 Å². The summed E-state index contributed by atoms with van der Waals surface area (Å²) in [5, 5.41) is 22.3. The molecule has 0 heterocycles. The number of benzene rings is 2. The number of aryl methyl sites for hydroxylation is 2. The molecule has 0 unspecified atom stereocenters. The molecule has 0 aliphatic rings. The SMILES string of the molecule is Cc1cc(CNc2ccccc2CO)cc(C)c1O. The average Bonchev–Trinajstić information content (AvgIpc) is 2.42. The van der Waals surface area contributed by atoms with Gasteiger partial charge >= 0.3 is 0 Å². The van der Waals surface area contributed by atoms with Crippen LogP contribution in [0.3, 0.4) is 0 Å². The Balaban J connectivity index is 2.15. The maximum atomic E-state index is 9.74. The molecule has 0 saturated heterocycles. The molecule has 0 aliphatic heterocycles. The van der Waals surface area contributed by atoms with Crippen LogP contribution in [0, 0.1) is 13.8 Å². The molecule has 0 fully saturated rings. The summed E-state index contributed by atoms with van der Waals surface area (Å²) in [7, 11) is 0. The van der Waals surface area contributed by atoms with Crippen molar-refractivity contribution in [1.82, 2.24) is 0 Å². The molecule has 19 heavy (non-hydrogen) atoms. The number of phenols is 1. The minimum Gasteiger partial charge on any atom is -0.507 e. The number of rotatable bonds is 4. The minimum atomic E-state index is 0.0246. The Hall–Kier alpha value is -2.00. The number of aliphatic hydroxyl groups is 1. The van der Waals surface area contributed by atoms with E-state index in [1.807, 2.05) is 50.2 Å². The summed E-state index contributed by atoms with van der Waals surface area (Å²) in [6, 6.07) is 11.6. The lowest BCUT2D eigenvalue weighted by molar-refractivity contribution is 0.282. The second kappa shape index (κ2) is 5.76. The van der Waals surface area contributed by atoms with Gasteiger partial charge in [0.15, 0.2) is 0 Å². The zero-order valence-electron chi connectivity index (χ0n) is 11.3. The summed E-state index contributed by atoms with van der Waals surface area (Å²) < 4.78 is 0. The normalized spacial score (nSPS) is 10.5. The molecule has 2 rings (SSSR count). The van der Waals surface area contributed by atoms with Crippen LogP contribution in [0.4, 0.5) is 5.69 Å². The fourth-order valence-electron chi connectivity index (χ4n) is 2.18. The van der Waals surface area contributed by atoms with E-state index in [1.54, 1.807) is 0 Å². The number of hydrogen-bond acceptors (Lipinski definition) is 3. The summed E-state index contributed by atoms with van der Waals surface area (Å²) >= 11 is 0. The van der Waals surface area contributed by atoms with Crippen LogP contribution in [0.5, 0.6) is 5.75 Å². The predicted octanol–water partition coefficient (Wildman–Crippen LogP) is 3.11. The standard InChI is InChI=1S/C16H19NO2/c1-11-7-13(8-12(2)16(11)19)9-17-15-6-4-3-5-14(15)10-18/h3-8,17-19H,9-10H2,1-2H3. The van der Waals surface area contributed by atoms with Crippen molar-refractivity contribution in [3.8, 4) is 5.75 Å². The predicted molar refractivity (Wildman–Crippen MR) is 77.3 cm³/mol. The lowest BCUT2D eigenvalue weighted by Gasteiger charge is -2.12. The van der Waals surface area contributed by atoms with Crippen molar-refractivity contribution in [2.24, 2.45) is 0 Å². The molecule has 0 atom stereocenters. The van der Waals surface area contributed by atoms with Crippen LogP contribution >= 0.6 is 0 Å². The number of phenolic OH excluding ortho intramolecular Hbond substituents is 1. The van der Waals surface area contributed by atoms with Crippen molar-refractivity contribution in [3.05, 3.63) is 58.7 Å². The molecule has 0 radical (unpaired) electrons. The van der Waals surface area contributed by atoms with Crippen molar-refractivity contribution in [3.63, 3.8) is 0 Å². The molecule has 0 aliphatic carbocycles. The van der Waals surface area contributed by atoms with Gasteiger partial charge in [-0.3, -0.25) is 0 Å². The average molecular weight is 257 g/mol. The first-order chi connectivity index (χ1) is 9.11. The molecule has 3 nitrogen and oxygen atoms in total. The number of anilines is 1. The molecular formula is C16H19NO2. The van der Waals surface area contributed by atoms with Crippen molar-refractivity contribution in [2.45, 2.75) is 27.0 Å². The van der Waals surface area contributed by atoms with Crippen LogP contribution in [0.1, 0.15) is 22.3 Å². The van der Waals surface area contributed by atoms with Gasteiger partial charge in [0.1, 0.15) is 5.75 Å². The highest BCUT2D eigenvalue weighted by molar-refractivity contribution is 5.51. The van der Waals surface area contributed by atoms with E-state index in [1.165, 1.54) is 0 Å². The third-order valence-electron chi connectivity index (χ3n) is 3.22. The van der Waals surface area contributed by atoms with Gasteiger partial charge in [0.25, 0.3) is 0 Å². The second-order valence-electron chi connectivity index (χ2n) is 4.75. The Morgan fingerprint density at radius 1 is 1.05 bits per heavy atom. The van der Waals surface area contributed by atoms with E-state index >= 15 is 0 Å². The van der Waals surface area contributed by atoms with E-state index in [4.69, 9.17) is 0 Å². The monoisotopic (exact) mass is 257 g/mol. The third-order valence-corrected chi connectivity index (χ3v) is 3.22. The molecule has 0 aromatic heterocycles. The molecule has 2 aromatic carbocycles. The van der Waals surface area contributed by atoms with Gasteiger partial charge in [0.2, 0.25) is 0 Å². The van der Waals surface area contributed by atoms with E-state index in [0.717, 1.165) is 27.9 Å². The van der Waals surface area contributed by atoms with Gasteiger partial charge in [-0.05, 0) is 36.6 Å². The Kier molecular flexibility index (Phi) is 4.07. The van der Waals surface area contributed by atoms with Crippen LogP contribution < -0.4 is 5.32 Å². The van der Waals surface area contributed by atoms with Gasteiger partial charge in [-0.25, -0.2) is 0 Å². The van der Waals surface area contributed by atoms with Crippen molar-refractivity contribution < 1.29 is 10.2 Å². The Morgan fingerprint density at radius 2 is 1.68 bits per heavy atom. The fraction of sp³-hybridized carbons (Fsp3) is 0.250. The molecule has 3 N–H and O–H groups in total. The molecule has 100 valence electrons. The maximum Gasteiger partial charge on any atom is 0.121 e. The minimum absolute atomic E-state index is 0.0246. The summed E-state index contributed by atoms with van der Waals surface area (Å²) in [6.45, 7) is 4.48. The molecule has 0 bridgehead atoms. The highest BCUT2D eigenvalue weighted by Gasteiger charge is 2.04. The quantitative estimate of drug-likeness (QED) is 0.788. The highest BCUT2D eigenvalue weighted by Crippen LogP contribution is 2.24. The largest absolute Gasteiger partial charge is 0.507 e. The van der Waals surface area contributed by atoms with Crippen LogP contribution in [-0.4, -0.2) is 10.2 Å². The highest BCUT2D eigenvalue weighted by atomic mass is 16.3. The Bertz CT molecular complexity index is 556. The molecular weight excluding hydrogens is 238 g/mol. The van der Waals surface area contributed by atoms with Crippen LogP contribution in [-0.2, 0) is 13.2 Å². The molecule has 2 aromatic rings. The van der Waals surface area contributed by atoms with Gasteiger partial charge in [-0.1, -0.05) is 30.3 Å². The summed E-state index contributed by atoms with van der Waals surface area (Å²) in [5.41, 5.74) is 4.70. The van der Waals surface area contributed by atoms with Gasteiger partial charge in [-0.2, -0.15) is 0 Å². The first-order valence-electron chi connectivity index (χ1n) is 6.33. The van der Waals surface area contributed by atoms with Gasteiger partial charge < -0.3 is 15.5 Å². The van der Waals surface area contributed by atoms with Crippen LogP contribution in [0.15, 0.2) is 36.4 Å². The summed E-state index contributed by atoms with van der Waals surface area (Å²) in [6.07, 6.45) is 0. The van der Waals surface area contributed by atoms with E-state index in [9.17, 15) is 10.2 Å². The fourth-order valence-corrected chi connectivity index (χ4v) is 2.18. The molecule has 0 saturated carbocycles. The molecule has 0 spiro atoms. The zero-order valence-corrected chi connectivity index (χ0v) is 11.3. The zero-order chi connectivity index (χ0) is 13.8. The van der Waals surface area contributed by atoms with E-state index in [-0.39, 0.29) is 6.61 Å². The molecule has 3 heteroatoms. The van der Waals surface area contributed by atoms with Crippen molar-refractivity contribution >= 4 is 5.69 Å². The van der Waals surface area contributed by atoms with Gasteiger partial charge in [-0.15, -0.1) is 0 Å². The number of para-hydroxylation sites is 1. The number of aliphatic hydroxyl groups excluding tert-OH is 1. The van der Waals surface area contributed by atoms with Crippen LogP contribution in [0.25, 0.3) is 0 Å². The topological polar surface area (TPSA) is 52.5 Å². The summed E-state index contributed by atoms with van der Waals surface area (Å²) in [4.78, 5) is 0. The number of hydrogen-bond donors (Lipinski definition) is 3. The first kappa shape index (κ1) is 13.4. The lowest BCUT2D eigenvalue weighted by Crippen LogP contribution is -2.03.